The Kier molecular flexibility index (Phi) is 6.34. The molecule has 0 unspecified atom stereocenters. The highest BCUT2D eigenvalue weighted by Crippen LogP contribution is 2.41. The quantitative estimate of drug-likeness (QED) is 0.476. The highest BCUT2D eigenvalue weighted by Gasteiger charge is 2.44. The third kappa shape index (κ3) is 4.65. The molecule has 29 heavy (non-hydrogen) atoms. The summed E-state index contributed by atoms with van der Waals surface area (Å²) in [6.07, 6.45) is -1.53. The van der Waals surface area contributed by atoms with Crippen LogP contribution in [0.5, 0.6) is 11.5 Å². The van der Waals surface area contributed by atoms with Gasteiger partial charge in [0, 0.05) is 5.56 Å². The number of hydrogen-bond donors (Lipinski definition) is 0. The molecule has 0 radical (unpaired) electrons. The number of ether oxygens (including phenoxy) is 2. The van der Waals surface area contributed by atoms with Gasteiger partial charge >= 0.3 is 6.11 Å². The Hall–Kier alpha value is -2.31. The highest BCUT2D eigenvalue weighted by molar-refractivity contribution is 5.66. The van der Waals surface area contributed by atoms with E-state index >= 15 is 0 Å². The second-order valence-corrected chi connectivity index (χ2v) is 7.44. The predicted octanol–water partition coefficient (Wildman–Crippen LogP) is 6.97. The smallest absolute Gasteiger partial charge is 0.400 e. The van der Waals surface area contributed by atoms with Gasteiger partial charge in [-0.25, -0.2) is 8.78 Å². The van der Waals surface area contributed by atoms with Crippen molar-refractivity contribution < 1.29 is 31.4 Å². The van der Waals surface area contributed by atoms with Gasteiger partial charge in [0.1, 0.15) is 0 Å². The summed E-state index contributed by atoms with van der Waals surface area (Å²) in [5.41, 5.74) is -0.200. The molecule has 0 bridgehead atoms. The maximum atomic E-state index is 14.4. The molecule has 158 valence electrons. The van der Waals surface area contributed by atoms with Gasteiger partial charge < -0.3 is 9.47 Å². The molecule has 2 aromatic rings. The molecule has 2 nitrogen and oxygen atoms in total. The van der Waals surface area contributed by atoms with E-state index in [0.29, 0.717) is 31.6 Å². The van der Waals surface area contributed by atoms with Gasteiger partial charge in [-0.2, -0.15) is 13.2 Å². The van der Waals surface area contributed by atoms with Crippen molar-refractivity contribution in [2.75, 3.05) is 6.61 Å². The van der Waals surface area contributed by atoms with Crippen LogP contribution in [0.15, 0.2) is 30.3 Å². The lowest BCUT2D eigenvalue weighted by atomic mass is 9.82. The molecule has 0 amide bonds. The van der Waals surface area contributed by atoms with E-state index in [2.05, 4.69) is 0 Å². The Labute approximate surface area is 166 Å². The van der Waals surface area contributed by atoms with E-state index in [1.165, 1.54) is 18.2 Å². The molecule has 1 aliphatic carbocycles. The third-order valence-electron chi connectivity index (χ3n) is 5.33. The van der Waals surface area contributed by atoms with Gasteiger partial charge in [-0.3, -0.25) is 0 Å². The Morgan fingerprint density at radius 3 is 2.21 bits per heavy atom. The van der Waals surface area contributed by atoms with Crippen LogP contribution in [0.4, 0.5) is 22.0 Å². The third-order valence-corrected chi connectivity index (χ3v) is 5.33. The van der Waals surface area contributed by atoms with Crippen LogP contribution >= 0.6 is 0 Å². The zero-order valence-electron chi connectivity index (χ0n) is 16.3. The standard InChI is InChI=1S/C22H23F5O2/c1-3-28-19-11-9-16(20(24)21(19)25)14-6-10-18(17(23)12-14)29-22(26,27)15-7-4-13(2)5-8-15/h6,9-13,15H,3-5,7-8H2,1-2H3. The topological polar surface area (TPSA) is 18.5 Å². The van der Waals surface area contributed by atoms with E-state index in [1.54, 1.807) is 6.92 Å². The van der Waals surface area contributed by atoms with Gasteiger partial charge in [-0.1, -0.05) is 25.8 Å². The van der Waals surface area contributed by atoms with E-state index in [0.717, 1.165) is 12.1 Å². The molecule has 3 rings (SSSR count). The Bertz CT molecular complexity index is 861. The van der Waals surface area contributed by atoms with Crippen molar-refractivity contribution in [2.24, 2.45) is 11.8 Å². The molecule has 0 heterocycles. The Balaban J connectivity index is 1.81. The maximum Gasteiger partial charge on any atom is 0.400 e. The Morgan fingerprint density at radius 2 is 1.59 bits per heavy atom. The molecule has 0 atom stereocenters. The van der Waals surface area contributed by atoms with Crippen LogP contribution in [0.1, 0.15) is 39.5 Å². The van der Waals surface area contributed by atoms with E-state index in [-0.39, 0.29) is 23.5 Å². The van der Waals surface area contributed by atoms with E-state index in [9.17, 15) is 22.0 Å². The lowest BCUT2D eigenvalue weighted by Crippen LogP contribution is -2.37. The minimum Gasteiger partial charge on any atom is -0.491 e. The summed E-state index contributed by atoms with van der Waals surface area (Å²) in [4.78, 5) is 0. The summed E-state index contributed by atoms with van der Waals surface area (Å²) in [6, 6.07) is 5.56. The number of halogens is 5. The Morgan fingerprint density at radius 1 is 0.931 bits per heavy atom. The number of hydrogen-bond acceptors (Lipinski definition) is 2. The minimum atomic E-state index is -3.50. The van der Waals surface area contributed by atoms with Gasteiger partial charge in [0.25, 0.3) is 0 Å². The fourth-order valence-electron chi connectivity index (χ4n) is 3.60. The molecule has 0 saturated heterocycles. The van der Waals surface area contributed by atoms with Gasteiger partial charge in [-0.05, 0) is 55.5 Å². The zero-order chi connectivity index (χ0) is 21.2. The zero-order valence-corrected chi connectivity index (χ0v) is 16.3. The fraction of sp³-hybridized carbons (Fsp3) is 0.455. The lowest BCUT2D eigenvalue weighted by molar-refractivity contribution is -0.224. The van der Waals surface area contributed by atoms with Crippen molar-refractivity contribution in [1.29, 1.82) is 0 Å². The second kappa shape index (κ2) is 8.59. The van der Waals surface area contributed by atoms with E-state index < -0.39 is 35.2 Å². The summed E-state index contributed by atoms with van der Waals surface area (Å²) in [5, 5.41) is 0. The van der Waals surface area contributed by atoms with Crippen molar-refractivity contribution in [3.63, 3.8) is 0 Å². The second-order valence-electron chi connectivity index (χ2n) is 7.44. The molecule has 0 N–H and O–H groups in total. The molecule has 1 aliphatic rings. The van der Waals surface area contributed by atoms with Gasteiger partial charge in [0.2, 0.25) is 5.82 Å². The first-order chi connectivity index (χ1) is 13.7. The van der Waals surface area contributed by atoms with Crippen molar-refractivity contribution in [2.45, 2.75) is 45.6 Å². The summed E-state index contributed by atoms with van der Waals surface area (Å²) in [7, 11) is 0. The van der Waals surface area contributed by atoms with Crippen LogP contribution in [0, 0.1) is 29.3 Å². The van der Waals surface area contributed by atoms with Crippen LogP contribution in [-0.4, -0.2) is 12.7 Å². The van der Waals surface area contributed by atoms with Crippen molar-refractivity contribution in [3.8, 4) is 22.6 Å². The normalized spacial score (nSPS) is 19.8. The molecule has 1 saturated carbocycles. The van der Waals surface area contributed by atoms with Crippen LogP contribution < -0.4 is 9.47 Å². The predicted molar refractivity (Wildman–Crippen MR) is 99.6 cm³/mol. The first-order valence-electron chi connectivity index (χ1n) is 9.70. The van der Waals surface area contributed by atoms with Crippen molar-refractivity contribution in [3.05, 3.63) is 47.8 Å². The highest BCUT2D eigenvalue weighted by atomic mass is 19.3. The van der Waals surface area contributed by atoms with Gasteiger partial charge in [0.05, 0.1) is 12.5 Å². The number of rotatable bonds is 6. The monoisotopic (exact) mass is 414 g/mol. The van der Waals surface area contributed by atoms with E-state index in [1.807, 2.05) is 6.92 Å². The first kappa shape index (κ1) is 21.4. The van der Waals surface area contributed by atoms with Crippen molar-refractivity contribution in [1.82, 2.24) is 0 Å². The van der Waals surface area contributed by atoms with Gasteiger partial charge in [-0.15, -0.1) is 0 Å². The summed E-state index contributed by atoms with van der Waals surface area (Å²) >= 11 is 0. The lowest BCUT2D eigenvalue weighted by Gasteiger charge is -2.32. The van der Waals surface area contributed by atoms with E-state index in [4.69, 9.17) is 9.47 Å². The first-order valence-corrected chi connectivity index (χ1v) is 9.70. The number of alkyl halides is 2. The van der Waals surface area contributed by atoms with Crippen LogP contribution in [-0.2, 0) is 0 Å². The average molecular weight is 414 g/mol. The average Bonchev–Trinajstić information content (AvgIpc) is 2.68. The minimum absolute atomic E-state index is 0.00380. The summed E-state index contributed by atoms with van der Waals surface area (Å²) in [5.74, 6) is -4.92. The summed E-state index contributed by atoms with van der Waals surface area (Å²) < 4.78 is 81.4. The van der Waals surface area contributed by atoms with Crippen LogP contribution in [0.2, 0.25) is 0 Å². The van der Waals surface area contributed by atoms with Crippen molar-refractivity contribution >= 4 is 0 Å². The SMILES string of the molecule is CCOc1ccc(-c2ccc(OC(F)(F)C3CCC(C)CC3)c(F)c2)c(F)c1F. The molecule has 1 fully saturated rings. The number of benzene rings is 2. The molecular formula is C22H23F5O2. The maximum absolute atomic E-state index is 14.4. The van der Waals surface area contributed by atoms with Crippen LogP contribution in [0.25, 0.3) is 11.1 Å². The molecule has 0 aliphatic heterocycles. The fourth-order valence-corrected chi connectivity index (χ4v) is 3.60. The van der Waals surface area contributed by atoms with Gasteiger partial charge in [0.15, 0.2) is 23.1 Å². The molecule has 2 aromatic carbocycles. The van der Waals surface area contributed by atoms with Crippen LogP contribution in [0.3, 0.4) is 0 Å². The molecular weight excluding hydrogens is 391 g/mol. The largest absolute Gasteiger partial charge is 0.491 e. The molecule has 0 aromatic heterocycles. The molecule has 0 spiro atoms. The molecule has 7 heteroatoms. The summed E-state index contributed by atoms with van der Waals surface area (Å²) in [6.45, 7) is 3.80.